The standard InChI is InChI=1S/C18H26N2/c1-2-10-17-14(6-1)7-5-13-20(17)18-11-3-9-16-15(18)8-4-12-19-16/h3,9,11,14,17,19H,1-2,4-8,10,12-13H2/t14-,17-/m1/s1. The van der Waals surface area contributed by atoms with Crippen LogP contribution >= 0.6 is 0 Å². The largest absolute Gasteiger partial charge is 0.385 e. The topological polar surface area (TPSA) is 15.3 Å². The molecule has 0 bridgehead atoms. The minimum atomic E-state index is 0.825. The van der Waals surface area contributed by atoms with Crippen molar-refractivity contribution < 1.29 is 0 Å². The van der Waals surface area contributed by atoms with Crippen LogP contribution in [0.4, 0.5) is 11.4 Å². The second-order valence-electron chi connectivity index (χ2n) is 6.78. The van der Waals surface area contributed by atoms with Crippen molar-refractivity contribution in [3.63, 3.8) is 0 Å². The predicted molar refractivity (Wildman–Crippen MR) is 85.6 cm³/mol. The van der Waals surface area contributed by atoms with E-state index in [1.165, 1.54) is 63.6 Å². The zero-order chi connectivity index (χ0) is 13.4. The first-order valence-corrected chi connectivity index (χ1v) is 8.56. The van der Waals surface area contributed by atoms with Gasteiger partial charge >= 0.3 is 0 Å². The summed E-state index contributed by atoms with van der Waals surface area (Å²) in [6.45, 7) is 2.42. The third-order valence-corrected chi connectivity index (χ3v) is 5.62. The highest BCUT2D eigenvalue weighted by Crippen LogP contribution is 2.41. The highest BCUT2D eigenvalue weighted by molar-refractivity contribution is 5.68. The van der Waals surface area contributed by atoms with E-state index in [1.807, 2.05) is 0 Å². The van der Waals surface area contributed by atoms with Gasteiger partial charge in [-0.2, -0.15) is 0 Å². The predicted octanol–water partition coefficient (Wildman–Crippen LogP) is 4.20. The second kappa shape index (κ2) is 5.31. The van der Waals surface area contributed by atoms with Crippen LogP contribution in [0, 0.1) is 5.92 Å². The van der Waals surface area contributed by atoms with E-state index in [1.54, 1.807) is 11.3 Å². The monoisotopic (exact) mass is 270 g/mol. The lowest BCUT2D eigenvalue weighted by Crippen LogP contribution is -2.47. The Kier molecular flexibility index (Phi) is 3.33. The summed E-state index contributed by atoms with van der Waals surface area (Å²) in [5.74, 6) is 0.963. The van der Waals surface area contributed by atoms with Crippen molar-refractivity contribution in [3.05, 3.63) is 23.8 Å². The van der Waals surface area contributed by atoms with E-state index in [9.17, 15) is 0 Å². The molecule has 2 nitrogen and oxygen atoms in total. The van der Waals surface area contributed by atoms with Gasteiger partial charge in [-0.3, -0.25) is 0 Å². The summed E-state index contributed by atoms with van der Waals surface area (Å²) in [6, 6.07) is 7.72. The first-order chi connectivity index (χ1) is 9.93. The van der Waals surface area contributed by atoms with Gasteiger partial charge in [0.2, 0.25) is 0 Å². The van der Waals surface area contributed by atoms with Crippen molar-refractivity contribution in [3.8, 4) is 0 Å². The molecule has 1 N–H and O–H groups in total. The number of rotatable bonds is 1. The smallest absolute Gasteiger partial charge is 0.0422 e. The number of nitrogens with one attached hydrogen (secondary N) is 1. The molecule has 2 fully saturated rings. The molecule has 1 saturated carbocycles. The maximum atomic E-state index is 3.59. The Labute approximate surface area is 122 Å². The number of fused-ring (bicyclic) bond motifs is 2. The van der Waals surface area contributed by atoms with Crippen LogP contribution in [0.5, 0.6) is 0 Å². The second-order valence-corrected chi connectivity index (χ2v) is 6.78. The van der Waals surface area contributed by atoms with Crippen molar-refractivity contribution in [1.29, 1.82) is 0 Å². The lowest BCUT2D eigenvalue weighted by atomic mass is 9.78. The van der Waals surface area contributed by atoms with E-state index in [0.29, 0.717) is 0 Å². The van der Waals surface area contributed by atoms with Gasteiger partial charge in [-0.05, 0) is 62.1 Å². The molecule has 0 aromatic heterocycles. The highest BCUT2D eigenvalue weighted by atomic mass is 15.2. The van der Waals surface area contributed by atoms with E-state index in [2.05, 4.69) is 28.4 Å². The number of nitrogens with zero attached hydrogens (tertiary/aromatic N) is 1. The molecular formula is C18H26N2. The Balaban J connectivity index is 1.69. The molecular weight excluding hydrogens is 244 g/mol. The Morgan fingerprint density at radius 3 is 2.90 bits per heavy atom. The van der Waals surface area contributed by atoms with Crippen molar-refractivity contribution >= 4 is 11.4 Å². The fourth-order valence-electron chi connectivity index (χ4n) is 4.68. The van der Waals surface area contributed by atoms with Crippen LogP contribution in [0.25, 0.3) is 0 Å². The van der Waals surface area contributed by atoms with Gasteiger partial charge in [0.25, 0.3) is 0 Å². The summed E-state index contributed by atoms with van der Waals surface area (Å²) >= 11 is 0. The van der Waals surface area contributed by atoms with Gasteiger partial charge < -0.3 is 10.2 Å². The van der Waals surface area contributed by atoms with Gasteiger partial charge in [-0.15, -0.1) is 0 Å². The van der Waals surface area contributed by atoms with E-state index in [4.69, 9.17) is 0 Å². The summed E-state index contributed by atoms with van der Waals surface area (Å²) in [5, 5.41) is 3.59. The Bertz CT molecular complexity index is 480. The molecule has 3 aliphatic rings. The van der Waals surface area contributed by atoms with Crippen LogP contribution in [0.15, 0.2) is 18.2 Å². The molecule has 1 saturated heterocycles. The van der Waals surface area contributed by atoms with Gasteiger partial charge in [0.15, 0.2) is 0 Å². The number of anilines is 2. The van der Waals surface area contributed by atoms with E-state index >= 15 is 0 Å². The first kappa shape index (κ1) is 12.6. The summed E-state index contributed by atoms with van der Waals surface area (Å²) < 4.78 is 0. The molecule has 1 aromatic carbocycles. The first-order valence-electron chi connectivity index (χ1n) is 8.56. The normalized spacial score (nSPS) is 29.3. The number of hydrogen-bond donors (Lipinski definition) is 1. The molecule has 0 radical (unpaired) electrons. The lowest BCUT2D eigenvalue weighted by molar-refractivity contribution is 0.243. The number of piperidine rings is 1. The van der Waals surface area contributed by atoms with Gasteiger partial charge in [0.1, 0.15) is 0 Å². The molecule has 1 aromatic rings. The number of hydrogen-bond acceptors (Lipinski definition) is 2. The van der Waals surface area contributed by atoms with Crippen LogP contribution in [0.2, 0.25) is 0 Å². The summed E-state index contributed by atoms with van der Waals surface area (Å²) in [4.78, 5) is 2.78. The fraction of sp³-hybridized carbons (Fsp3) is 0.667. The number of benzene rings is 1. The van der Waals surface area contributed by atoms with Crippen molar-refractivity contribution in [2.45, 2.75) is 57.4 Å². The molecule has 2 atom stereocenters. The molecule has 0 unspecified atom stereocenters. The van der Waals surface area contributed by atoms with Crippen molar-refractivity contribution in [1.82, 2.24) is 0 Å². The van der Waals surface area contributed by atoms with Gasteiger partial charge in [0.05, 0.1) is 0 Å². The third kappa shape index (κ3) is 2.10. The lowest BCUT2D eigenvalue weighted by Gasteiger charge is -2.46. The Morgan fingerprint density at radius 1 is 1.00 bits per heavy atom. The molecule has 20 heavy (non-hydrogen) atoms. The maximum absolute atomic E-state index is 3.59. The quantitative estimate of drug-likeness (QED) is 0.822. The molecule has 0 amide bonds. The molecule has 2 aliphatic heterocycles. The molecule has 0 spiro atoms. The van der Waals surface area contributed by atoms with Crippen molar-refractivity contribution in [2.75, 3.05) is 23.3 Å². The van der Waals surface area contributed by atoms with E-state index in [0.717, 1.165) is 18.5 Å². The van der Waals surface area contributed by atoms with Crippen LogP contribution in [0.3, 0.4) is 0 Å². The molecule has 1 aliphatic carbocycles. The van der Waals surface area contributed by atoms with Gasteiger partial charge in [0, 0.05) is 30.5 Å². The Hall–Kier alpha value is -1.18. The molecule has 2 heteroatoms. The molecule has 4 rings (SSSR count). The zero-order valence-corrected chi connectivity index (χ0v) is 12.4. The van der Waals surface area contributed by atoms with E-state index in [-0.39, 0.29) is 0 Å². The average Bonchev–Trinajstić information content (AvgIpc) is 2.54. The van der Waals surface area contributed by atoms with Crippen LogP contribution in [-0.2, 0) is 6.42 Å². The Morgan fingerprint density at radius 2 is 1.90 bits per heavy atom. The van der Waals surface area contributed by atoms with Crippen LogP contribution in [-0.4, -0.2) is 19.1 Å². The van der Waals surface area contributed by atoms with Gasteiger partial charge in [-0.1, -0.05) is 18.9 Å². The maximum Gasteiger partial charge on any atom is 0.0422 e. The van der Waals surface area contributed by atoms with E-state index < -0.39 is 0 Å². The summed E-state index contributed by atoms with van der Waals surface area (Å²) in [5.41, 5.74) is 4.53. The minimum Gasteiger partial charge on any atom is -0.385 e. The van der Waals surface area contributed by atoms with Crippen LogP contribution in [0.1, 0.15) is 50.5 Å². The van der Waals surface area contributed by atoms with Crippen LogP contribution < -0.4 is 10.2 Å². The highest BCUT2D eigenvalue weighted by Gasteiger charge is 2.34. The van der Waals surface area contributed by atoms with Crippen molar-refractivity contribution in [2.24, 2.45) is 5.92 Å². The third-order valence-electron chi connectivity index (χ3n) is 5.62. The summed E-state index contributed by atoms with van der Waals surface area (Å²) in [7, 11) is 0. The average molecular weight is 270 g/mol. The van der Waals surface area contributed by atoms with Gasteiger partial charge in [-0.25, -0.2) is 0 Å². The SMILES string of the molecule is c1cc2c(c(N3CCC[C@H]4CCCC[C@H]43)c1)CCCN2. The minimum absolute atomic E-state index is 0.825. The zero-order valence-electron chi connectivity index (χ0n) is 12.4. The molecule has 2 heterocycles. The molecule has 108 valence electrons. The fourth-order valence-corrected chi connectivity index (χ4v) is 4.68. The summed E-state index contributed by atoms with van der Waals surface area (Å²) in [6.07, 6.45) is 11.2.